The Balaban J connectivity index is 1.59. The quantitative estimate of drug-likeness (QED) is 0.872. The van der Waals surface area contributed by atoms with Crippen molar-refractivity contribution in [2.45, 2.75) is 6.54 Å². The third kappa shape index (κ3) is 2.67. The number of hydrogen-bond donors (Lipinski definition) is 1. The van der Waals surface area contributed by atoms with E-state index in [0.29, 0.717) is 36.7 Å². The molecular weight excluding hydrogens is 308 g/mol. The maximum Gasteiger partial charge on any atom is 0.262 e. The molecular formula is C18H16N2O4. The maximum absolute atomic E-state index is 12.8. The highest BCUT2D eigenvalue weighted by Gasteiger charge is 2.23. The number of nitrogens with zero attached hydrogens (tertiary/aromatic N) is 1. The van der Waals surface area contributed by atoms with Crippen LogP contribution in [0.1, 0.15) is 15.9 Å². The van der Waals surface area contributed by atoms with E-state index in [-0.39, 0.29) is 18.4 Å². The van der Waals surface area contributed by atoms with Gasteiger partial charge in [-0.05, 0) is 24.3 Å². The standard InChI is InChI=1S/C18H16N2O4/c21-17-11-24-16-9-12(5-6-14(16)19-17)18(22)20-7-8-23-15-4-2-1-3-13(15)10-20/h1-6,9H,7-8,10-11H2,(H,19,21). The van der Waals surface area contributed by atoms with Crippen molar-refractivity contribution in [3.8, 4) is 11.5 Å². The van der Waals surface area contributed by atoms with Crippen molar-refractivity contribution in [3.05, 3.63) is 53.6 Å². The first-order chi connectivity index (χ1) is 11.7. The van der Waals surface area contributed by atoms with Crippen LogP contribution in [0.5, 0.6) is 11.5 Å². The SMILES string of the molecule is O=C1COc2cc(C(=O)N3CCOc4ccccc4C3)ccc2N1. The van der Waals surface area contributed by atoms with Gasteiger partial charge in [0.15, 0.2) is 6.61 Å². The number of para-hydroxylation sites is 1. The second kappa shape index (κ2) is 5.88. The highest BCUT2D eigenvalue weighted by molar-refractivity contribution is 5.99. The van der Waals surface area contributed by atoms with Gasteiger partial charge in [0.25, 0.3) is 11.8 Å². The van der Waals surface area contributed by atoms with E-state index in [4.69, 9.17) is 9.47 Å². The Hall–Kier alpha value is -3.02. The van der Waals surface area contributed by atoms with Gasteiger partial charge in [-0.3, -0.25) is 9.59 Å². The van der Waals surface area contributed by atoms with Crippen molar-refractivity contribution in [1.82, 2.24) is 4.90 Å². The van der Waals surface area contributed by atoms with Crippen molar-refractivity contribution in [2.75, 3.05) is 25.1 Å². The van der Waals surface area contributed by atoms with Crippen LogP contribution in [0.2, 0.25) is 0 Å². The summed E-state index contributed by atoms with van der Waals surface area (Å²) in [6, 6.07) is 12.8. The van der Waals surface area contributed by atoms with Crippen LogP contribution in [0, 0.1) is 0 Å². The monoisotopic (exact) mass is 324 g/mol. The molecule has 2 aliphatic rings. The fourth-order valence-electron chi connectivity index (χ4n) is 2.89. The van der Waals surface area contributed by atoms with Crippen LogP contribution in [0.15, 0.2) is 42.5 Å². The molecule has 0 atom stereocenters. The van der Waals surface area contributed by atoms with E-state index in [1.165, 1.54) is 0 Å². The van der Waals surface area contributed by atoms with Crippen molar-refractivity contribution in [3.63, 3.8) is 0 Å². The van der Waals surface area contributed by atoms with Gasteiger partial charge >= 0.3 is 0 Å². The number of carbonyl (C=O) groups excluding carboxylic acids is 2. The lowest BCUT2D eigenvalue weighted by molar-refractivity contribution is -0.118. The van der Waals surface area contributed by atoms with Crippen LogP contribution in [0.25, 0.3) is 0 Å². The van der Waals surface area contributed by atoms with Crippen molar-refractivity contribution < 1.29 is 19.1 Å². The summed E-state index contributed by atoms with van der Waals surface area (Å²) in [5.74, 6) is 1.07. The molecule has 0 saturated heterocycles. The van der Waals surface area contributed by atoms with Crippen LogP contribution >= 0.6 is 0 Å². The first kappa shape index (κ1) is 14.6. The fourth-order valence-corrected chi connectivity index (χ4v) is 2.89. The number of fused-ring (bicyclic) bond motifs is 2. The van der Waals surface area contributed by atoms with Crippen molar-refractivity contribution in [1.29, 1.82) is 0 Å². The maximum atomic E-state index is 12.8. The molecule has 2 amide bonds. The average molecular weight is 324 g/mol. The number of ether oxygens (including phenoxy) is 2. The summed E-state index contributed by atoms with van der Waals surface area (Å²) in [4.78, 5) is 25.9. The Morgan fingerprint density at radius 1 is 1.08 bits per heavy atom. The van der Waals surface area contributed by atoms with Crippen molar-refractivity contribution >= 4 is 17.5 Å². The van der Waals surface area contributed by atoms with E-state index in [2.05, 4.69) is 5.32 Å². The lowest BCUT2D eigenvalue weighted by Gasteiger charge is -2.22. The molecule has 6 heteroatoms. The van der Waals surface area contributed by atoms with Crippen LogP contribution in [0.4, 0.5) is 5.69 Å². The molecule has 4 rings (SSSR count). The molecule has 2 aromatic rings. The van der Waals surface area contributed by atoms with Crippen molar-refractivity contribution in [2.24, 2.45) is 0 Å². The fraction of sp³-hybridized carbons (Fsp3) is 0.222. The summed E-state index contributed by atoms with van der Waals surface area (Å²) >= 11 is 0. The zero-order valence-corrected chi connectivity index (χ0v) is 13.0. The zero-order chi connectivity index (χ0) is 16.5. The number of hydrogen-bond acceptors (Lipinski definition) is 4. The number of benzene rings is 2. The normalized spacial score (nSPS) is 16.0. The average Bonchev–Trinajstić information content (AvgIpc) is 2.83. The molecule has 2 aliphatic heterocycles. The van der Waals surface area contributed by atoms with Gasteiger partial charge in [0, 0.05) is 17.7 Å². The van der Waals surface area contributed by atoms with Gasteiger partial charge in [-0.2, -0.15) is 0 Å². The van der Waals surface area contributed by atoms with Gasteiger partial charge in [0.1, 0.15) is 18.1 Å². The molecule has 0 saturated carbocycles. The van der Waals surface area contributed by atoms with Gasteiger partial charge in [-0.25, -0.2) is 0 Å². The molecule has 0 radical (unpaired) electrons. The minimum Gasteiger partial charge on any atom is -0.491 e. The summed E-state index contributed by atoms with van der Waals surface area (Å²) in [7, 11) is 0. The molecule has 24 heavy (non-hydrogen) atoms. The second-order valence-electron chi connectivity index (χ2n) is 5.73. The van der Waals surface area contributed by atoms with Crippen LogP contribution in [-0.4, -0.2) is 36.5 Å². The van der Waals surface area contributed by atoms with Gasteiger partial charge in [0.2, 0.25) is 0 Å². The third-order valence-electron chi connectivity index (χ3n) is 4.10. The predicted octanol–water partition coefficient (Wildman–Crippen LogP) is 2.05. The number of carbonyl (C=O) groups is 2. The van der Waals surface area contributed by atoms with Gasteiger partial charge < -0.3 is 19.7 Å². The molecule has 0 fully saturated rings. The molecule has 2 aromatic carbocycles. The minimum atomic E-state index is -0.192. The predicted molar refractivity (Wildman–Crippen MR) is 87.2 cm³/mol. The molecule has 0 bridgehead atoms. The Morgan fingerprint density at radius 3 is 2.88 bits per heavy atom. The van der Waals surface area contributed by atoms with E-state index in [9.17, 15) is 9.59 Å². The zero-order valence-electron chi connectivity index (χ0n) is 13.0. The number of amides is 2. The summed E-state index contributed by atoms with van der Waals surface area (Å²) in [5.41, 5.74) is 2.11. The first-order valence-electron chi connectivity index (χ1n) is 7.77. The molecule has 122 valence electrons. The molecule has 1 N–H and O–H groups in total. The van der Waals surface area contributed by atoms with Gasteiger partial charge in [-0.15, -0.1) is 0 Å². The third-order valence-corrected chi connectivity index (χ3v) is 4.10. The Kier molecular flexibility index (Phi) is 3.57. The van der Waals surface area contributed by atoms with E-state index in [1.807, 2.05) is 24.3 Å². The van der Waals surface area contributed by atoms with Crippen LogP contribution in [0.3, 0.4) is 0 Å². The van der Waals surface area contributed by atoms with Crippen LogP contribution in [-0.2, 0) is 11.3 Å². The molecule has 0 aliphatic carbocycles. The summed E-state index contributed by atoms with van der Waals surface area (Å²) in [6.07, 6.45) is 0. The molecule has 0 spiro atoms. The summed E-state index contributed by atoms with van der Waals surface area (Å²) in [5, 5.41) is 2.72. The lowest BCUT2D eigenvalue weighted by Crippen LogP contribution is -2.32. The van der Waals surface area contributed by atoms with Crippen LogP contribution < -0.4 is 14.8 Å². The minimum absolute atomic E-state index is 0.0322. The topological polar surface area (TPSA) is 67.9 Å². The second-order valence-corrected chi connectivity index (χ2v) is 5.73. The lowest BCUT2D eigenvalue weighted by atomic mass is 10.1. The van der Waals surface area contributed by atoms with Gasteiger partial charge in [0.05, 0.1) is 12.2 Å². The van der Waals surface area contributed by atoms with E-state index in [0.717, 1.165) is 11.3 Å². The first-order valence-corrected chi connectivity index (χ1v) is 7.77. The Bertz CT molecular complexity index is 818. The largest absolute Gasteiger partial charge is 0.491 e. The molecule has 6 nitrogen and oxygen atoms in total. The molecule has 0 aromatic heterocycles. The Labute approximate surface area is 139 Å². The van der Waals surface area contributed by atoms with E-state index in [1.54, 1.807) is 23.1 Å². The van der Waals surface area contributed by atoms with Gasteiger partial charge in [-0.1, -0.05) is 18.2 Å². The highest BCUT2D eigenvalue weighted by Crippen LogP contribution is 2.30. The number of nitrogens with one attached hydrogen (secondary N) is 1. The number of rotatable bonds is 1. The Morgan fingerprint density at radius 2 is 1.96 bits per heavy atom. The molecule has 2 heterocycles. The summed E-state index contributed by atoms with van der Waals surface area (Å²) in [6.45, 7) is 1.45. The van der Waals surface area contributed by atoms with E-state index < -0.39 is 0 Å². The highest BCUT2D eigenvalue weighted by atomic mass is 16.5. The van der Waals surface area contributed by atoms with E-state index >= 15 is 0 Å². The number of anilines is 1. The smallest absolute Gasteiger partial charge is 0.262 e. The summed E-state index contributed by atoms with van der Waals surface area (Å²) < 4.78 is 11.1. The molecule has 0 unspecified atom stereocenters.